The van der Waals surface area contributed by atoms with E-state index in [1.54, 1.807) is 12.1 Å². The van der Waals surface area contributed by atoms with E-state index in [4.69, 9.17) is 0 Å². The number of halogens is 1. The van der Waals surface area contributed by atoms with E-state index in [0.29, 0.717) is 17.0 Å². The molecule has 2 rings (SSSR count). The van der Waals surface area contributed by atoms with E-state index >= 15 is 0 Å². The van der Waals surface area contributed by atoms with Gasteiger partial charge in [-0.2, -0.15) is 0 Å². The maximum atomic E-state index is 13.8. The van der Waals surface area contributed by atoms with Crippen molar-refractivity contribution in [3.05, 3.63) is 30.1 Å². The quantitative estimate of drug-likeness (QED) is 0.869. The van der Waals surface area contributed by atoms with Crippen LogP contribution in [0.3, 0.4) is 0 Å². The minimum atomic E-state index is -0.371. The second-order valence-corrected chi connectivity index (χ2v) is 7.18. The van der Waals surface area contributed by atoms with Gasteiger partial charge in [0.15, 0.2) is 0 Å². The van der Waals surface area contributed by atoms with Crippen molar-refractivity contribution in [1.82, 2.24) is 0 Å². The van der Waals surface area contributed by atoms with Crippen molar-refractivity contribution in [3.8, 4) is 0 Å². The Kier molecular flexibility index (Phi) is 4.38. The molecule has 0 amide bonds. The van der Waals surface area contributed by atoms with Crippen molar-refractivity contribution in [2.45, 2.75) is 52.0 Å². The first kappa shape index (κ1) is 15.3. The van der Waals surface area contributed by atoms with Gasteiger partial charge < -0.3 is 10.4 Å². The van der Waals surface area contributed by atoms with E-state index in [0.717, 1.165) is 25.7 Å². The number of nitrogens with one attached hydrogen (secondary N) is 1. The zero-order chi connectivity index (χ0) is 14.8. The predicted octanol–water partition coefficient (Wildman–Crippen LogP) is 4.21. The highest BCUT2D eigenvalue weighted by Gasteiger charge is 2.38. The smallest absolute Gasteiger partial charge is 0.146 e. The van der Waals surface area contributed by atoms with Crippen molar-refractivity contribution >= 4 is 5.69 Å². The Bertz CT molecular complexity index is 445. The molecule has 1 aliphatic rings. The van der Waals surface area contributed by atoms with Gasteiger partial charge in [-0.3, -0.25) is 0 Å². The van der Waals surface area contributed by atoms with Crippen LogP contribution in [0.15, 0.2) is 24.3 Å². The van der Waals surface area contributed by atoms with Gasteiger partial charge in [-0.15, -0.1) is 0 Å². The monoisotopic (exact) mass is 279 g/mol. The molecule has 1 fully saturated rings. The molecule has 0 aromatic heterocycles. The largest absolute Gasteiger partial charge is 0.394 e. The van der Waals surface area contributed by atoms with Crippen LogP contribution in [0.2, 0.25) is 0 Å². The first-order valence-electron chi connectivity index (χ1n) is 7.50. The van der Waals surface area contributed by atoms with E-state index in [-0.39, 0.29) is 18.0 Å². The van der Waals surface area contributed by atoms with Gasteiger partial charge in [-0.05, 0) is 49.1 Å². The first-order chi connectivity index (χ1) is 9.36. The van der Waals surface area contributed by atoms with E-state index in [1.807, 2.05) is 6.07 Å². The van der Waals surface area contributed by atoms with E-state index in [1.165, 1.54) is 6.07 Å². The first-order valence-corrected chi connectivity index (χ1v) is 7.50. The summed E-state index contributed by atoms with van der Waals surface area (Å²) >= 11 is 0. The molecular weight excluding hydrogens is 253 g/mol. The summed E-state index contributed by atoms with van der Waals surface area (Å²) < 4.78 is 13.8. The summed E-state index contributed by atoms with van der Waals surface area (Å²) in [4.78, 5) is 0. The number of hydrogen-bond donors (Lipinski definition) is 2. The predicted molar refractivity (Wildman–Crippen MR) is 81.3 cm³/mol. The lowest BCUT2D eigenvalue weighted by molar-refractivity contribution is 0.104. The number of anilines is 1. The number of aliphatic hydroxyl groups excluding tert-OH is 1. The fourth-order valence-electron chi connectivity index (χ4n) is 3.21. The molecule has 20 heavy (non-hydrogen) atoms. The normalized spacial score (nSPS) is 27.4. The third kappa shape index (κ3) is 3.32. The lowest BCUT2D eigenvalue weighted by Crippen LogP contribution is -2.47. The minimum Gasteiger partial charge on any atom is -0.394 e. The highest BCUT2D eigenvalue weighted by atomic mass is 19.1. The zero-order valence-corrected chi connectivity index (χ0v) is 12.7. The number of rotatable bonds is 3. The molecule has 0 radical (unpaired) electrons. The van der Waals surface area contributed by atoms with Crippen LogP contribution >= 0.6 is 0 Å². The molecule has 1 aromatic carbocycles. The van der Waals surface area contributed by atoms with Gasteiger partial charge in [0.1, 0.15) is 5.82 Å². The van der Waals surface area contributed by atoms with Gasteiger partial charge in [-0.1, -0.05) is 32.9 Å². The molecular formula is C17H26FNO. The lowest BCUT2D eigenvalue weighted by atomic mass is 9.67. The van der Waals surface area contributed by atoms with Crippen molar-refractivity contribution in [2.24, 2.45) is 11.3 Å². The van der Waals surface area contributed by atoms with Crippen LogP contribution in [0.25, 0.3) is 0 Å². The van der Waals surface area contributed by atoms with Gasteiger partial charge in [0.25, 0.3) is 0 Å². The summed E-state index contributed by atoms with van der Waals surface area (Å²) in [5, 5.41) is 13.1. The van der Waals surface area contributed by atoms with Crippen LogP contribution in [-0.4, -0.2) is 17.3 Å². The number of aliphatic hydroxyl groups is 1. The summed E-state index contributed by atoms with van der Waals surface area (Å²) in [6.07, 6.45) is 3.93. The molecule has 0 aliphatic heterocycles. The van der Waals surface area contributed by atoms with Gasteiger partial charge in [0.05, 0.1) is 17.8 Å². The van der Waals surface area contributed by atoms with Gasteiger partial charge in [0, 0.05) is 0 Å². The second kappa shape index (κ2) is 5.72. The Labute approximate surface area is 121 Å². The molecule has 1 saturated carbocycles. The molecule has 0 spiro atoms. The topological polar surface area (TPSA) is 32.3 Å². The highest BCUT2D eigenvalue weighted by Crippen LogP contribution is 2.42. The van der Waals surface area contributed by atoms with Crippen LogP contribution in [0.4, 0.5) is 10.1 Å². The number of para-hydroxylation sites is 1. The molecule has 0 atom stereocenters. The molecule has 1 aromatic rings. The lowest BCUT2D eigenvalue weighted by Gasteiger charge is -2.44. The number of hydrogen-bond acceptors (Lipinski definition) is 2. The summed E-state index contributed by atoms with van der Waals surface area (Å²) in [7, 11) is 0. The molecule has 0 heterocycles. The Morgan fingerprint density at radius 2 is 1.85 bits per heavy atom. The molecule has 0 saturated heterocycles. The van der Waals surface area contributed by atoms with Crippen LogP contribution in [0.1, 0.15) is 46.5 Å². The maximum absolute atomic E-state index is 13.8. The summed E-state index contributed by atoms with van der Waals surface area (Å²) in [5.74, 6) is 0.419. The molecule has 1 aliphatic carbocycles. The van der Waals surface area contributed by atoms with Gasteiger partial charge in [0.2, 0.25) is 0 Å². The summed E-state index contributed by atoms with van der Waals surface area (Å²) in [5.41, 5.74) is 0.430. The highest BCUT2D eigenvalue weighted by molar-refractivity contribution is 5.47. The SMILES string of the molecule is CC(C)(C)C1CCC(CO)(Nc2ccccc2F)CC1. The Morgan fingerprint density at radius 3 is 2.35 bits per heavy atom. The fraction of sp³-hybridized carbons (Fsp3) is 0.647. The zero-order valence-electron chi connectivity index (χ0n) is 12.7. The molecule has 112 valence electrons. The Balaban J connectivity index is 2.08. The van der Waals surface area contributed by atoms with Crippen molar-refractivity contribution in [2.75, 3.05) is 11.9 Å². The van der Waals surface area contributed by atoms with Crippen LogP contribution < -0.4 is 5.32 Å². The van der Waals surface area contributed by atoms with E-state index in [9.17, 15) is 9.50 Å². The van der Waals surface area contributed by atoms with Crippen molar-refractivity contribution < 1.29 is 9.50 Å². The average Bonchev–Trinajstić information content (AvgIpc) is 2.41. The third-order valence-corrected chi connectivity index (χ3v) is 4.74. The Hall–Kier alpha value is -1.09. The second-order valence-electron chi connectivity index (χ2n) is 7.18. The fourth-order valence-corrected chi connectivity index (χ4v) is 3.21. The minimum absolute atomic E-state index is 0.0538. The molecule has 0 bridgehead atoms. The van der Waals surface area contributed by atoms with E-state index in [2.05, 4.69) is 26.1 Å². The Morgan fingerprint density at radius 1 is 1.25 bits per heavy atom. The van der Waals surface area contributed by atoms with Crippen molar-refractivity contribution in [3.63, 3.8) is 0 Å². The molecule has 2 N–H and O–H groups in total. The average molecular weight is 279 g/mol. The third-order valence-electron chi connectivity index (χ3n) is 4.74. The summed E-state index contributed by atoms with van der Waals surface area (Å²) in [6.45, 7) is 6.87. The van der Waals surface area contributed by atoms with Crippen molar-refractivity contribution in [1.29, 1.82) is 0 Å². The standard InChI is InChI=1S/C17H26FNO/c1-16(2,3)13-8-10-17(12-20,11-9-13)19-15-7-5-4-6-14(15)18/h4-7,13,19-20H,8-12H2,1-3H3. The molecule has 2 nitrogen and oxygen atoms in total. The molecule has 0 unspecified atom stereocenters. The van der Waals surface area contributed by atoms with Gasteiger partial charge >= 0.3 is 0 Å². The van der Waals surface area contributed by atoms with Crippen LogP contribution in [0.5, 0.6) is 0 Å². The van der Waals surface area contributed by atoms with E-state index < -0.39 is 0 Å². The number of benzene rings is 1. The van der Waals surface area contributed by atoms with Crippen LogP contribution in [0, 0.1) is 17.2 Å². The summed E-state index contributed by atoms with van der Waals surface area (Å²) in [6, 6.07) is 6.69. The molecule has 3 heteroatoms. The van der Waals surface area contributed by atoms with Gasteiger partial charge in [-0.25, -0.2) is 4.39 Å². The van der Waals surface area contributed by atoms with Crippen LogP contribution in [-0.2, 0) is 0 Å². The maximum Gasteiger partial charge on any atom is 0.146 e.